The zero-order valence-corrected chi connectivity index (χ0v) is 15.2. The van der Waals surface area contributed by atoms with E-state index in [0.29, 0.717) is 10.6 Å². The second kappa shape index (κ2) is 7.24. The van der Waals surface area contributed by atoms with Crippen molar-refractivity contribution in [3.05, 3.63) is 69.7 Å². The molecule has 0 aliphatic heterocycles. The summed E-state index contributed by atoms with van der Waals surface area (Å²) in [5, 5.41) is 1.96. The number of benzene rings is 2. The Morgan fingerprint density at radius 2 is 1.62 bits per heavy atom. The molecule has 1 N–H and O–H groups in total. The van der Waals surface area contributed by atoms with E-state index < -0.39 is 11.4 Å². The van der Waals surface area contributed by atoms with Crippen molar-refractivity contribution in [1.82, 2.24) is 10.4 Å². The number of hydrogen-bond acceptors (Lipinski definition) is 2. The van der Waals surface area contributed by atoms with Crippen LogP contribution in [-0.4, -0.2) is 22.4 Å². The molecule has 0 spiro atoms. The molecule has 0 aromatic heterocycles. The standard InChI is InChI=1S/C18H18Cl2N2O2/c1-18(2,3)22(17(24)12-7-5-4-6-8-12)21-16(23)14-10-9-13(19)11-15(14)20/h4-11H,1-3H3,(H,21,23). The van der Waals surface area contributed by atoms with Crippen LogP contribution in [0.25, 0.3) is 0 Å². The van der Waals surface area contributed by atoms with Gasteiger partial charge in [-0.15, -0.1) is 0 Å². The Hall–Kier alpha value is -2.04. The number of carbonyl (C=O) groups is 2. The Bertz CT molecular complexity index is 755. The summed E-state index contributed by atoms with van der Waals surface area (Å²) < 4.78 is 0. The minimum absolute atomic E-state index is 0.223. The molecule has 2 aromatic carbocycles. The molecule has 2 aromatic rings. The molecule has 0 heterocycles. The molecule has 0 aliphatic carbocycles. The second-order valence-corrected chi connectivity index (χ2v) is 7.09. The number of hydrazine groups is 1. The highest BCUT2D eigenvalue weighted by atomic mass is 35.5. The lowest BCUT2D eigenvalue weighted by atomic mass is 10.1. The average Bonchev–Trinajstić information content (AvgIpc) is 2.51. The Morgan fingerprint density at radius 3 is 2.17 bits per heavy atom. The van der Waals surface area contributed by atoms with Gasteiger partial charge in [0.15, 0.2) is 0 Å². The number of halogens is 2. The Labute approximate surface area is 151 Å². The van der Waals surface area contributed by atoms with Gasteiger partial charge < -0.3 is 0 Å². The average molecular weight is 365 g/mol. The van der Waals surface area contributed by atoms with Gasteiger partial charge in [0.25, 0.3) is 11.8 Å². The summed E-state index contributed by atoms with van der Waals surface area (Å²) in [4.78, 5) is 25.3. The van der Waals surface area contributed by atoms with Crippen molar-refractivity contribution in [2.45, 2.75) is 26.3 Å². The van der Waals surface area contributed by atoms with Crippen molar-refractivity contribution in [3.8, 4) is 0 Å². The largest absolute Gasteiger partial charge is 0.272 e. The first-order valence-corrected chi connectivity index (χ1v) is 8.11. The molecule has 0 atom stereocenters. The molecule has 0 aliphatic rings. The fraction of sp³-hybridized carbons (Fsp3) is 0.222. The van der Waals surface area contributed by atoms with Gasteiger partial charge in [0.1, 0.15) is 0 Å². The van der Waals surface area contributed by atoms with Crippen molar-refractivity contribution < 1.29 is 9.59 Å². The quantitative estimate of drug-likeness (QED) is 0.792. The summed E-state index contributed by atoms with van der Waals surface area (Å²) in [7, 11) is 0. The van der Waals surface area contributed by atoms with Gasteiger partial charge in [-0.1, -0.05) is 41.4 Å². The van der Waals surface area contributed by atoms with Gasteiger partial charge in [0.05, 0.1) is 16.1 Å². The fourth-order valence-corrected chi connectivity index (χ4v) is 2.56. The molecule has 0 saturated carbocycles. The highest BCUT2D eigenvalue weighted by Crippen LogP contribution is 2.22. The molecule has 0 bridgehead atoms. The van der Waals surface area contributed by atoms with E-state index in [1.165, 1.54) is 17.1 Å². The fourth-order valence-electron chi connectivity index (χ4n) is 2.07. The maximum atomic E-state index is 12.8. The van der Waals surface area contributed by atoms with Crippen LogP contribution in [0.3, 0.4) is 0 Å². The number of rotatable bonds is 2. The van der Waals surface area contributed by atoms with E-state index in [-0.39, 0.29) is 16.5 Å². The second-order valence-electron chi connectivity index (χ2n) is 6.24. The molecular formula is C18H18Cl2N2O2. The van der Waals surface area contributed by atoms with E-state index in [1.54, 1.807) is 30.3 Å². The highest BCUT2D eigenvalue weighted by Gasteiger charge is 2.30. The SMILES string of the molecule is CC(C)(C)N(NC(=O)c1ccc(Cl)cc1Cl)C(=O)c1ccccc1. The maximum absolute atomic E-state index is 12.8. The minimum Gasteiger partial charge on any atom is -0.267 e. The third-order valence-corrected chi connectivity index (χ3v) is 3.83. The van der Waals surface area contributed by atoms with Crippen LogP contribution >= 0.6 is 23.2 Å². The van der Waals surface area contributed by atoms with Gasteiger partial charge >= 0.3 is 0 Å². The van der Waals surface area contributed by atoms with Crippen LogP contribution in [0.15, 0.2) is 48.5 Å². The van der Waals surface area contributed by atoms with E-state index in [0.717, 1.165) is 0 Å². The molecular weight excluding hydrogens is 347 g/mol. The topological polar surface area (TPSA) is 49.4 Å². The zero-order chi connectivity index (χ0) is 17.9. The molecule has 2 amide bonds. The molecule has 2 rings (SSSR count). The summed E-state index contributed by atoms with van der Waals surface area (Å²) in [5.74, 6) is -0.780. The first-order chi connectivity index (χ1) is 11.2. The van der Waals surface area contributed by atoms with E-state index in [1.807, 2.05) is 26.8 Å². The van der Waals surface area contributed by atoms with Crippen molar-refractivity contribution in [2.24, 2.45) is 0 Å². The molecule has 0 unspecified atom stereocenters. The first-order valence-electron chi connectivity index (χ1n) is 7.36. The third-order valence-electron chi connectivity index (χ3n) is 3.28. The van der Waals surface area contributed by atoms with E-state index >= 15 is 0 Å². The maximum Gasteiger partial charge on any atom is 0.272 e. The summed E-state index contributed by atoms with van der Waals surface area (Å²) in [6.45, 7) is 5.49. The van der Waals surface area contributed by atoms with Gasteiger partial charge in [-0.3, -0.25) is 15.0 Å². The van der Waals surface area contributed by atoms with Crippen LogP contribution in [0, 0.1) is 0 Å². The van der Waals surface area contributed by atoms with E-state index in [9.17, 15) is 9.59 Å². The summed E-state index contributed by atoms with van der Waals surface area (Å²) in [6.07, 6.45) is 0. The molecule has 126 valence electrons. The first kappa shape index (κ1) is 18.3. The summed E-state index contributed by atoms with van der Waals surface area (Å²) >= 11 is 11.9. The normalized spacial score (nSPS) is 11.0. The van der Waals surface area contributed by atoms with Gasteiger partial charge in [-0.25, -0.2) is 5.01 Å². The van der Waals surface area contributed by atoms with Crippen molar-refractivity contribution in [3.63, 3.8) is 0 Å². The van der Waals surface area contributed by atoms with Crippen LogP contribution in [0.1, 0.15) is 41.5 Å². The van der Waals surface area contributed by atoms with Gasteiger partial charge in [0.2, 0.25) is 0 Å². The number of nitrogens with one attached hydrogen (secondary N) is 1. The Kier molecular flexibility index (Phi) is 5.52. The van der Waals surface area contributed by atoms with Crippen molar-refractivity contribution in [1.29, 1.82) is 0 Å². The highest BCUT2D eigenvalue weighted by molar-refractivity contribution is 6.36. The number of hydrogen-bond donors (Lipinski definition) is 1. The predicted octanol–water partition coefficient (Wildman–Crippen LogP) is 4.58. The number of amides is 2. The van der Waals surface area contributed by atoms with Gasteiger partial charge in [0, 0.05) is 10.6 Å². The third kappa shape index (κ3) is 4.28. The lowest BCUT2D eigenvalue weighted by molar-refractivity contribution is 0.0358. The summed E-state index contributed by atoms with van der Waals surface area (Å²) in [6, 6.07) is 13.3. The van der Waals surface area contributed by atoms with Crippen molar-refractivity contribution in [2.75, 3.05) is 0 Å². The zero-order valence-electron chi connectivity index (χ0n) is 13.6. The lowest BCUT2D eigenvalue weighted by Crippen LogP contribution is -2.55. The number of nitrogens with zero attached hydrogens (tertiary/aromatic N) is 1. The molecule has 0 radical (unpaired) electrons. The van der Waals surface area contributed by atoms with Crippen LogP contribution < -0.4 is 5.43 Å². The van der Waals surface area contributed by atoms with Crippen LogP contribution in [0.4, 0.5) is 0 Å². The van der Waals surface area contributed by atoms with Gasteiger partial charge in [-0.2, -0.15) is 0 Å². The van der Waals surface area contributed by atoms with E-state index in [2.05, 4.69) is 5.43 Å². The van der Waals surface area contributed by atoms with E-state index in [4.69, 9.17) is 23.2 Å². The monoisotopic (exact) mass is 364 g/mol. The van der Waals surface area contributed by atoms with Gasteiger partial charge in [-0.05, 0) is 51.1 Å². The molecule has 0 fully saturated rings. The summed E-state index contributed by atoms with van der Waals surface area (Å²) in [5.41, 5.74) is 2.75. The van der Waals surface area contributed by atoms with Crippen LogP contribution in [0.2, 0.25) is 10.0 Å². The minimum atomic E-state index is -0.624. The molecule has 6 heteroatoms. The predicted molar refractivity (Wildman–Crippen MR) is 96.3 cm³/mol. The lowest BCUT2D eigenvalue weighted by Gasteiger charge is -2.35. The smallest absolute Gasteiger partial charge is 0.267 e. The Balaban J connectivity index is 2.30. The van der Waals surface area contributed by atoms with Crippen LogP contribution in [0.5, 0.6) is 0 Å². The molecule has 24 heavy (non-hydrogen) atoms. The Morgan fingerprint density at radius 1 is 1.00 bits per heavy atom. The number of carbonyl (C=O) groups excluding carboxylic acids is 2. The molecule has 0 saturated heterocycles. The van der Waals surface area contributed by atoms with Crippen LogP contribution in [-0.2, 0) is 0 Å². The van der Waals surface area contributed by atoms with Crippen molar-refractivity contribution >= 4 is 35.0 Å². The molecule has 4 nitrogen and oxygen atoms in total.